The lowest BCUT2D eigenvalue weighted by Gasteiger charge is -2.23. The van der Waals surface area contributed by atoms with Gasteiger partial charge >= 0.3 is 5.97 Å². The van der Waals surface area contributed by atoms with E-state index in [-0.39, 0.29) is 17.8 Å². The van der Waals surface area contributed by atoms with Crippen LogP contribution in [0, 0.1) is 5.92 Å². The van der Waals surface area contributed by atoms with Crippen LogP contribution in [-0.2, 0) is 20.7 Å². The lowest BCUT2D eigenvalue weighted by molar-refractivity contribution is -0.146. The fourth-order valence-electron chi connectivity index (χ4n) is 2.04. The Kier molecular flexibility index (Phi) is 6.72. The van der Waals surface area contributed by atoms with Crippen molar-refractivity contribution in [1.29, 1.82) is 0 Å². The Labute approximate surface area is 125 Å². The van der Waals surface area contributed by atoms with Gasteiger partial charge in [0.05, 0.1) is 26.6 Å². The number of likely N-dealkylation sites (N-methyl/N-ethyl adjacent to an activating group) is 1. The van der Waals surface area contributed by atoms with Crippen molar-refractivity contribution in [2.24, 2.45) is 5.92 Å². The summed E-state index contributed by atoms with van der Waals surface area (Å²) in [6.07, 6.45) is 0.311. The molecular weight excluding hydrogens is 270 g/mol. The van der Waals surface area contributed by atoms with E-state index in [1.165, 1.54) is 7.11 Å². The van der Waals surface area contributed by atoms with Crippen LogP contribution in [0.2, 0.25) is 0 Å². The van der Waals surface area contributed by atoms with Crippen molar-refractivity contribution in [3.05, 3.63) is 29.8 Å². The summed E-state index contributed by atoms with van der Waals surface area (Å²) in [6, 6.07) is 7.40. The Morgan fingerprint density at radius 3 is 2.29 bits per heavy atom. The number of methoxy groups -OCH3 is 2. The number of hydrogen-bond acceptors (Lipinski definition) is 4. The molecule has 0 aromatic heterocycles. The van der Waals surface area contributed by atoms with Gasteiger partial charge in [-0.15, -0.1) is 0 Å². The van der Waals surface area contributed by atoms with E-state index in [1.54, 1.807) is 18.9 Å². The number of rotatable bonds is 7. The summed E-state index contributed by atoms with van der Waals surface area (Å²) in [6.45, 7) is 4.60. The van der Waals surface area contributed by atoms with Gasteiger partial charge in [0.25, 0.3) is 0 Å². The van der Waals surface area contributed by atoms with Crippen LogP contribution < -0.4 is 4.74 Å². The third-order valence-electron chi connectivity index (χ3n) is 3.35. The van der Waals surface area contributed by atoms with E-state index in [4.69, 9.17) is 9.47 Å². The van der Waals surface area contributed by atoms with Crippen molar-refractivity contribution < 1.29 is 19.1 Å². The average Bonchev–Trinajstić information content (AvgIpc) is 2.51. The molecule has 1 unspecified atom stereocenters. The minimum Gasteiger partial charge on any atom is -0.497 e. The van der Waals surface area contributed by atoms with Crippen LogP contribution in [0.3, 0.4) is 0 Å². The number of amides is 1. The zero-order chi connectivity index (χ0) is 15.8. The van der Waals surface area contributed by atoms with Crippen molar-refractivity contribution in [3.63, 3.8) is 0 Å². The van der Waals surface area contributed by atoms with Gasteiger partial charge in [-0.2, -0.15) is 0 Å². The lowest BCUT2D eigenvalue weighted by Crippen LogP contribution is -2.38. The first kappa shape index (κ1) is 17.0. The smallest absolute Gasteiger partial charge is 0.310 e. The highest BCUT2D eigenvalue weighted by Gasteiger charge is 2.20. The van der Waals surface area contributed by atoms with E-state index in [9.17, 15) is 9.59 Å². The summed E-state index contributed by atoms with van der Waals surface area (Å²) in [5.74, 6) is 0.136. The molecule has 0 heterocycles. The number of esters is 1. The van der Waals surface area contributed by atoms with Gasteiger partial charge in [-0.1, -0.05) is 19.1 Å². The molecule has 1 aromatic rings. The molecule has 0 fully saturated rings. The second kappa shape index (κ2) is 8.29. The van der Waals surface area contributed by atoms with Crippen LogP contribution in [0.15, 0.2) is 24.3 Å². The Morgan fingerprint density at radius 2 is 1.81 bits per heavy atom. The monoisotopic (exact) mass is 293 g/mol. The first-order chi connectivity index (χ1) is 10.0. The molecule has 116 valence electrons. The van der Waals surface area contributed by atoms with Gasteiger partial charge in [0, 0.05) is 13.1 Å². The van der Waals surface area contributed by atoms with E-state index in [0.29, 0.717) is 19.5 Å². The zero-order valence-electron chi connectivity index (χ0n) is 13.1. The highest BCUT2D eigenvalue weighted by atomic mass is 16.5. The van der Waals surface area contributed by atoms with E-state index in [2.05, 4.69) is 0 Å². The Morgan fingerprint density at radius 1 is 1.19 bits per heavy atom. The molecular formula is C16H23NO4. The average molecular weight is 293 g/mol. The zero-order valence-corrected chi connectivity index (χ0v) is 13.1. The molecule has 0 saturated heterocycles. The van der Waals surface area contributed by atoms with Crippen LogP contribution >= 0.6 is 0 Å². The van der Waals surface area contributed by atoms with Gasteiger partial charge in [-0.05, 0) is 24.6 Å². The molecule has 0 spiro atoms. The lowest BCUT2D eigenvalue weighted by atomic mass is 10.1. The topological polar surface area (TPSA) is 55.8 Å². The molecule has 0 radical (unpaired) electrons. The van der Waals surface area contributed by atoms with Crippen molar-refractivity contribution in [3.8, 4) is 5.75 Å². The van der Waals surface area contributed by atoms with Gasteiger partial charge < -0.3 is 14.4 Å². The van der Waals surface area contributed by atoms with Crippen molar-refractivity contribution in [1.82, 2.24) is 4.90 Å². The normalized spacial score (nSPS) is 11.6. The quantitative estimate of drug-likeness (QED) is 0.720. The fourth-order valence-corrected chi connectivity index (χ4v) is 2.04. The van der Waals surface area contributed by atoms with E-state index < -0.39 is 0 Å². The summed E-state index contributed by atoms with van der Waals surface area (Å²) in [4.78, 5) is 25.4. The molecule has 0 aliphatic carbocycles. The standard InChI is InChI=1S/C16H23NO4/c1-5-17(11-12(2)16(19)21-4)15(18)10-13-6-8-14(20-3)9-7-13/h6-9,12H,5,10-11H2,1-4H3. The number of ether oxygens (including phenoxy) is 2. The van der Waals surface area contributed by atoms with Crippen molar-refractivity contribution in [2.75, 3.05) is 27.3 Å². The molecule has 0 saturated carbocycles. The molecule has 0 bridgehead atoms. The molecule has 1 atom stereocenters. The first-order valence-corrected chi connectivity index (χ1v) is 7.00. The van der Waals surface area contributed by atoms with Crippen LogP contribution in [0.25, 0.3) is 0 Å². The minimum atomic E-state index is -0.324. The Hall–Kier alpha value is -2.04. The summed E-state index contributed by atoms with van der Waals surface area (Å²) in [5, 5.41) is 0. The molecule has 1 aromatic carbocycles. The Bertz CT molecular complexity index is 470. The molecule has 0 aliphatic heterocycles. The number of hydrogen-bond donors (Lipinski definition) is 0. The summed E-state index contributed by atoms with van der Waals surface area (Å²) < 4.78 is 9.78. The first-order valence-electron chi connectivity index (χ1n) is 7.00. The predicted molar refractivity (Wildman–Crippen MR) is 80.1 cm³/mol. The second-order valence-electron chi connectivity index (χ2n) is 4.88. The summed E-state index contributed by atoms with van der Waals surface area (Å²) >= 11 is 0. The van der Waals surface area contributed by atoms with Gasteiger partial charge in [0.2, 0.25) is 5.91 Å². The van der Waals surface area contributed by atoms with Gasteiger partial charge in [0.1, 0.15) is 5.75 Å². The van der Waals surface area contributed by atoms with Gasteiger partial charge in [-0.3, -0.25) is 9.59 Å². The largest absolute Gasteiger partial charge is 0.497 e. The SMILES string of the molecule is CCN(CC(C)C(=O)OC)C(=O)Cc1ccc(OC)cc1. The van der Waals surface area contributed by atoms with Gasteiger partial charge in [0.15, 0.2) is 0 Å². The Balaban J connectivity index is 2.63. The highest BCUT2D eigenvalue weighted by molar-refractivity contribution is 5.80. The van der Waals surface area contributed by atoms with E-state index in [0.717, 1.165) is 11.3 Å². The predicted octanol–water partition coefficient (Wildman–Crippen LogP) is 1.90. The molecule has 5 nitrogen and oxygen atoms in total. The van der Waals surface area contributed by atoms with Crippen LogP contribution in [-0.4, -0.2) is 44.1 Å². The molecule has 0 aliphatic rings. The van der Waals surface area contributed by atoms with Gasteiger partial charge in [-0.25, -0.2) is 0 Å². The number of nitrogens with zero attached hydrogens (tertiary/aromatic N) is 1. The van der Waals surface area contributed by atoms with Crippen LogP contribution in [0.5, 0.6) is 5.75 Å². The molecule has 1 amide bonds. The summed E-state index contributed by atoms with van der Waals surface area (Å²) in [5.41, 5.74) is 0.921. The highest BCUT2D eigenvalue weighted by Crippen LogP contribution is 2.13. The molecule has 21 heavy (non-hydrogen) atoms. The maximum Gasteiger partial charge on any atom is 0.310 e. The van der Waals surface area contributed by atoms with Crippen LogP contribution in [0.4, 0.5) is 0 Å². The maximum absolute atomic E-state index is 12.3. The van der Waals surface area contributed by atoms with E-state index >= 15 is 0 Å². The number of carbonyl (C=O) groups excluding carboxylic acids is 2. The van der Waals surface area contributed by atoms with Crippen molar-refractivity contribution in [2.45, 2.75) is 20.3 Å². The molecule has 1 rings (SSSR count). The van der Waals surface area contributed by atoms with E-state index in [1.807, 2.05) is 31.2 Å². The van der Waals surface area contributed by atoms with Crippen molar-refractivity contribution >= 4 is 11.9 Å². The maximum atomic E-state index is 12.3. The third-order valence-corrected chi connectivity index (χ3v) is 3.35. The second-order valence-corrected chi connectivity index (χ2v) is 4.88. The minimum absolute atomic E-state index is 0.00146. The molecule has 5 heteroatoms. The fraction of sp³-hybridized carbons (Fsp3) is 0.500. The number of carbonyl (C=O) groups is 2. The van der Waals surface area contributed by atoms with Crippen LogP contribution in [0.1, 0.15) is 19.4 Å². The molecule has 0 N–H and O–H groups in total. The summed E-state index contributed by atoms with van der Waals surface area (Å²) in [7, 11) is 2.96. The number of benzene rings is 1. The third kappa shape index (κ3) is 5.10.